The van der Waals surface area contributed by atoms with Gasteiger partial charge >= 0.3 is 6.18 Å². The minimum absolute atomic E-state index is 0.0222. The van der Waals surface area contributed by atoms with Gasteiger partial charge < -0.3 is 19.6 Å². The highest BCUT2D eigenvalue weighted by molar-refractivity contribution is 5.96. The number of azo groups is 1. The fraction of sp³-hybridized carbons (Fsp3) is 0.176. The van der Waals surface area contributed by atoms with E-state index in [0.29, 0.717) is 35.6 Å². The minimum Gasteiger partial charge on any atom is -0.493 e. The molecule has 0 amide bonds. The second-order valence-electron chi connectivity index (χ2n) is 5.58. The van der Waals surface area contributed by atoms with Crippen LogP contribution in [0.5, 0.6) is 17.4 Å². The van der Waals surface area contributed by atoms with E-state index in [2.05, 4.69) is 15.2 Å². The molecule has 26 heavy (non-hydrogen) atoms. The highest BCUT2D eigenvalue weighted by Gasteiger charge is 2.33. The lowest BCUT2D eigenvalue weighted by Crippen LogP contribution is -2.15. The third-order valence-electron chi connectivity index (χ3n) is 3.88. The minimum atomic E-state index is -4.55. The van der Waals surface area contributed by atoms with Crippen LogP contribution in [0.1, 0.15) is 5.56 Å². The van der Waals surface area contributed by atoms with E-state index in [0.717, 1.165) is 6.07 Å². The van der Waals surface area contributed by atoms with Crippen LogP contribution in [0.4, 0.5) is 24.5 Å². The Kier molecular flexibility index (Phi) is 3.71. The van der Waals surface area contributed by atoms with Crippen LogP contribution in [0.25, 0.3) is 10.9 Å². The zero-order valence-electron chi connectivity index (χ0n) is 13.2. The van der Waals surface area contributed by atoms with Crippen molar-refractivity contribution in [2.45, 2.75) is 6.18 Å². The first-order valence-corrected chi connectivity index (χ1v) is 7.66. The summed E-state index contributed by atoms with van der Waals surface area (Å²) in [5.74, 6) is 0.668. The standard InChI is InChI=1S/C17H12F3N3O3/c18-17(19,20)10-3-1-2-4-11(10)22-23-15-9-7-13-14(26-6-5-25-13)8-12(9)21-16(15)24/h1-4,7-8,21,24H,5-6H2. The van der Waals surface area contributed by atoms with Gasteiger partial charge in [-0.25, -0.2) is 0 Å². The molecule has 1 aliphatic rings. The van der Waals surface area contributed by atoms with E-state index in [1.165, 1.54) is 18.2 Å². The molecule has 0 saturated carbocycles. The van der Waals surface area contributed by atoms with Crippen molar-refractivity contribution in [2.75, 3.05) is 13.2 Å². The van der Waals surface area contributed by atoms with Gasteiger partial charge in [-0.15, -0.1) is 10.2 Å². The topological polar surface area (TPSA) is 79.2 Å². The number of H-pyrrole nitrogens is 1. The third-order valence-corrected chi connectivity index (χ3v) is 3.88. The van der Waals surface area contributed by atoms with Crippen molar-refractivity contribution in [3.8, 4) is 17.4 Å². The van der Waals surface area contributed by atoms with E-state index in [-0.39, 0.29) is 17.3 Å². The van der Waals surface area contributed by atoms with Gasteiger partial charge in [0.25, 0.3) is 0 Å². The normalized spacial score (nSPS) is 14.3. The van der Waals surface area contributed by atoms with Crippen LogP contribution in [0, 0.1) is 0 Å². The molecule has 2 aromatic carbocycles. The van der Waals surface area contributed by atoms with Crippen LogP contribution < -0.4 is 9.47 Å². The molecule has 0 fully saturated rings. The molecule has 4 rings (SSSR count). The molecule has 0 atom stereocenters. The first kappa shape index (κ1) is 16.2. The van der Waals surface area contributed by atoms with Crippen molar-refractivity contribution < 1.29 is 27.8 Å². The van der Waals surface area contributed by atoms with E-state index in [1.54, 1.807) is 12.1 Å². The maximum absolute atomic E-state index is 13.0. The Labute approximate surface area is 144 Å². The summed E-state index contributed by atoms with van der Waals surface area (Å²) >= 11 is 0. The summed E-state index contributed by atoms with van der Waals surface area (Å²) in [6.07, 6.45) is -4.55. The molecule has 2 heterocycles. The highest BCUT2D eigenvalue weighted by Crippen LogP contribution is 2.43. The van der Waals surface area contributed by atoms with Crippen LogP contribution >= 0.6 is 0 Å². The first-order chi connectivity index (χ1) is 12.4. The van der Waals surface area contributed by atoms with Gasteiger partial charge in [0.15, 0.2) is 17.2 Å². The third kappa shape index (κ3) is 2.81. The van der Waals surface area contributed by atoms with Gasteiger partial charge in [-0.3, -0.25) is 0 Å². The Morgan fingerprint density at radius 3 is 2.42 bits per heavy atom. The number of halogens is 3. The number of nitrogens with zero attached hydrogens (tertiary/aromatic N) is 2. The summed E-state index contributed by atoms with van der Waals surface area (Å²) in [7, 11) is 0. The van der Waals surface area contributed by atoms with Crippen LogP contribution in [0.2, 0.25) is 0 Å². The Hall–Kier alpha value is -3.23. The average Bonchev–Trinajstić information content (AvgIpc) is 2.91. The molecule has 0 bridgehead atoms. The maximum Gasteiger partial charge on any atom is 0.418 e. The number of aromatic nitrogens is 1. The second-order valence-corrected chi connectivity index (χ2v) is 5.58. The first-order valence-electron chi connectivity index (χ1n) is 7.66. The molecule has 0 aliphatic carbocycles. The summed E-state index contributed by atoms with van der Waals surface area (Å²) in [4.78, 5) is 2.70. The van der Waals surface area contributed by atoms with E-state index >= 15 is 0 Å². The van der Waals surface area contributed by atoms with Gasteiger partial charge in [-0.05, 0) is 18.2 Å². The van der Waals surface area contributed by atoms with Crippen LogP contribution in [-0.2, 0) is 6.18 Å². The number of ether oxygens (including phenoxy) is 2. The summed E-state index contributed by atoms with van der Waals surface area (Å²) in [5, 5.41) is 18.1. The number of hydrogen-bond acceptors (Lipinski definition) is 5. The molecule has 1 aromatic heterocycles. The zero-order chi connectivity index (χ0) is 18.3. The number of rotatable bonds is 2. The highest BCUT2D eigenvalue weighted by atomic mass is 19.4. The van der Waals surface area contributed by atoms with Gasteiger partial charge in [0, 0.05) is 11.5 Å². The summed E-state index contributed by atoms with van der Waals surface area (Å²) in [5.41, 5.74) is -0.720. The number of alkyl halides is 3. The number of benzene rings is 2. The maximum atomic E-state index is 13.0. The van der Waals surface area contributed by atoms with Crippen molar-refractivity contribution in [3.63, 3.8) is 0 Å². The molecular weight excluding hydrogens is 351 g/mol. The zero-order valence-corrected chi connectivity index (χ0v) is 13.2. The molecule has 1 aliphatic heterocycles. The second kappa shape index (κ2) is 5.94. The lowest BCUT2D eigenvalue weighted by Gasteiger charge is -2.18. The summed E-state index contributed by atoms with van der Waals surface area (Å²) < 4.78 is 50.1. The number of fused-ring (bicyclic) bond motifs is 2. The molecule has 3 aromatic rings. The lowest BCUT2D eigenvalue weighted by atomic mass is 10.2. The molecule has 9 heteroatoms. The summed E-state index contributed by atoms with van der Waals surface area (Å²) in [6, 6.07) is 8.06. The van der Waals surface area contributed by atoms with Gasteiger partial charge in [-0.1, -0.05) is 12.1 Å². The van der Waals surface area contributed by atoms with Gasteiger partial charge in [-0.2, -0.15) is 13.2 Å². The van der Waals surface area contributed by atoms with E-state index < -0.39 is 11.7 Å². The Balaban J connectivity index is 1.79. The number of hydrogen-bond donors (Lipinski definition) is 2. The molecule has 0 saturated heterocycles. The fourth-order valence-corrected chi connectivity index (χ4v) is 2.71. The van der Waals surface area contributed by atoms with Crippen molar-refractivity contribution in [3.05, 3.63) is 42.0 Å². The molecule has 6 nitrogen and oxygen atoms in total. The van der Waals surface area contributed by atoms with Crippen LogP contribution in [-0.4, -0.2) is 23.3 Å². The molecule has 0 radical (unpaired) electrons. The molecular formula is C17H12F3N3O3. The van der Waals surface area contributed by atoms with Crippen molar-refractivity contribution in [1.82, 2.24) is 4.98 Å². The predicted octanol–water partition coefficient (Wildman–Crippen LogP) is 5.08. The van der Waals surface area contributed by atoms with Gasteiger partial charge in [0.05, 0.1) is 16.8 Å². The van der Waals surface area contributed by atoms with Crippen LogP contribution in [0.3, 0.4) is 0 Å². The molecule has 0 spiro atoms. The smallest absolute Gasteiger partial charge is 0.418 e. The Morgan fingerprint density at radius 1 is 1.00 bits per heavy atom. The molecule has 2 N–H and O–H groups in total. The van der Waals surface area contributed by atoms with Crippen molar-refractivity contribution >= 4 is 22.3 Å². The summed E-state index contributed by atoms with van der Waals surface area (Å²) in [6.45, 7) is 0.788. The predicted molar refractivity (Wildman–Crippen MR) is 86.6 cm³/mol. The van der Waals surface area contributed by atoms with E-state index in [4.69, 9.17) is 9.47 Å². The Bertz CT molecular complexity index is 1010. The lowest BCUT2D eigenvalue weighted by molar-refractivity contribution is -0.137. The Morgan fingerprint density at radius 2 is 1.69 bits per heavy atom. The monoisotopic (exact) mass is 363 g/mol. The molecule has 134 valence electrons. The number of aromatic hydroxyl groups is 1. The number of nitrogens with one attached hydrogen (secondary N) is 1. The SMILES string of the molecule is Oc1[nH]c2cc3c(cc2c1N=Nc1ccccc1C(F)(F)F)OCCO3. The van der Waals surface area contributed by atoms with Crippen LogP contribution in [0.15, 0.2) is 46.6 Å². The fourth-order valence-electron chi connectivity index (χ4n) is 2.71. The van der Waals surface area contributed by atoms with E-state index in [1.807, 2.05) is 0 Å². The van der Waals surface area contributed by atoms with Gasteiger partial charge in [0.2, 0.25) is 5.88 Å². The largest absolute Gasteiger partial charge is 0.493 e. The average molecular weight is 363 g/mol. The van der Waals surface area contributed by atoms with Crippen molar-refractivity contribution in [1.29, 1.82) is 0 Å². The van der Waals surface area contributed by atoms with Gasteiger partial charge in [0.1, 0.15) is 13.2 Å². The quantitative estimate of drug-likeness (QED) is 0.623. The van der Waals surface area contributed by atoms with Crippen molar-refractivity contribution in [2.24, 2.45) is 10.2 Å². The number of aromatic amines is 1. The van der Waals surface area contributed by atoms with E-state index in [9.17, 15) is 18.3 Å². The molecule has 0 unspecified atom stereocenters.